The number of ketones is 1. The van der Waals surface area contributed by atoms with Crippen LogP contribution >= 0.6 is 0 Å². The molecule has 1 aliphatic carbocycles. The minimum absolute atomic E-state index is 0.176. The maximum absolute atomic E-state index is 10.9. The SMILES string of the molecule is CC(=O)Cn1cnc2c1CCC=C2. The predicted molar refractivity (Wildman–Crippen MR) is 50.3 cm³/mol. The zero-order valence-electron chi connectivity index (χ0n) is 7.66. The maximum Gasteiger partial charge on any atom is 0.149 e. The molecule has 0 radical (unpaired) electrons. The zero-order valence-corrected chi connectivity index (χ0v) is 7.66. The first-order valence-electron chi connectivity index (χ1n) is 4.47. The number of fused-ring (bicyclic) bond motifs is 1. The van der Waals surface area contributed by atoms with Crippen LogP contribution in [0.25, 0.3) is 6.08 Å². The number of nitrogens with zero attached hydrogens (tertiary/aromatic N) is 2. The third-order valence-electron chi connectivity index (χ3n) is 2.20. The van der Waals surface area contributed by atoms with Crippen molar-refractivity contribution in [3.05, 3.63) is 23.8 Å². The fraction of sp³-hybridized carbons (Fsp3) is 0.400. The van der Waals surface area contributed by atoms with E-state index < -0.39 is 0 Å². The lowest BCUT2D eigenvalue weighted by molar-refractivity contribution is -0.117. The Labute approximate surface area is 77.1 Å². The van der Waals surface area contributed by atoms with Crippen molar-refractivity contribution < 1.29 is 4.79 Å². The molecule has 0 amide bonds. The Morgan fingerprint density at radius 3 is 3.31 bits per heavy atom. The second-order valence-corrected chi connectivity index (χ2v) is 3.35. The highest BCUT2D eigenvalue weighted by Gasteiger charge is 2.11. The third-order valence-corrected chi connectivity index (χ3v) is 2.20. The first-order valence-corrected chi connectivity index (χ1v) is 4.47. The minimum Gasteiger partial charge on any atom is -0.327 e. The van der Waals surface area contributed by atoms with Crippen molar-refractivity contribution in [2.24, 2.45) is 0 Å². The summed E-state index contributed by atoms with van der Waals surface area (Å²) in [6, 6.07) is 0. The van der Waals surface area contributed by atoms with Gasteiger partial charge in [-0.05, 0) is 25.8 Å². The van der Waals surface area contributed by atoms with Gasteiger partial charge in [0.25, 0.3) is 0 Å². The standard InChI is InChI=1S/C10H12N2O/c1-8(13)6-12-7-11-9-4-2-3-5-10(9)12/h2,4,7H,3,5-6H2,1H3. The van der Waals surface area contributed by atoms with E-state index in [-0.39, 0.29) is 5.78 Å². The van der Waals surface area contributed by atoms with Gasteiger partial charge in [0.1, 0.15) is 5.78 Å². The number of hydrogen-bond acceptors (Lipinski definition) is 2. The van der Waals surface area contributed by atoms with Gasteiger partial charge < -0.3 is 4.57 Å². The molecule has 0 saturated heterocycles. The molecule has 1 aliphatic rings. The summed E-state index contributed by atoms with van der Waals surface area (Å²) in [7, 11) is 0. The van der Waals surface area contributed by atoms with Crippen LogP contribution in [-0.4, -0.2) is 15.3 Å². The molecular formula is C10H12N2O. The van der Waals surface area contributed by atoms with Gasteiger partial charge in [-0.1, -0.05) is 6.08 Å². The van der Waals surface area contributed by atoms with Gasteiger partial charge in [-0.25, -0.2) is 4.98 Å². The van der Waals surface area contributed by atoms with Crippen molar-refractivity contribution in [2.45, 2.75) is 26.3 Å². The number of rotatable bonds is 2. The molecule has 0 bridgehead atoms. The van der Waals surface area contributed by atoms with Crippen LogP contribution in [0, 0.1) is 0 Å². The van der Waals surface area contributed by atoms with E-state index in [1.54, 1.807) is 13.3 Å². The summed E-state index contributed by atoms with van der Waals surface area (Å²) < 4.78 is 1.95. The summed E-state index contributed by atoms with van der Waals surface area (Å²) in [4.78, 5) is 15.2. The molecule has 0 fully saturated rings. The molecule has 3 heteroatoms. The van der Waals surface area contributed by atoms with E-state index in [0.29, 0.717) is 6.54 Å². The van der Waals surface area contributed by atoms with Gasteiger partial charge in [-0.3, -0.25) is 4.79 Å². The highest BCUT2D eigenvalue weighted by atomic mass is 16.1. The molecule has 1 aromatic heterocycles. The molecule has 0 atom stereocenters. The van der Waals surface area contributed by atoms with Crippen LogP contribution in [0.1, 0.15) is 24.7 Å². The van der Waals surface area contributed by atoms with E-state index in [1.807, 2.05) is 10.6 Å². The van der Waals surface area contributed by atoms with Gasteiger partial charge in [-0.15, -0.1) is 0 Å². The Balaban J connectivity index is 2.32. The van der Waals surface area contributed by atoms with Gasteiger partial charge >= 0.3 is 0 Å². The molecule has 68 valence electrons. The molecular weight excluding hydrogens is 164 g/mol. The molecule has 13 heavy (non-hydrogen) atoms. The average Bonchev–Trinajstić information content (AvgIpc) is 2.48. The molecule has 1 heterocycles. The van der Waals surface area contributed by atoms with E-state index in [4.69, 9.17) is 0 Å². The minimum atomic E-state index is 0.176. The average molecular weight is 176 g/mol. The summed E-state index contributed by atoms with van der Waals surface area (Å²) in [5.41, 5.74) is 2.21. The third kappa shape index (κ3) is 1.54. The zero-order chi connectivity index (χ0) is 9.26. The fourth-order valence-corrected chi connectivity index (χ4v) is 1.63. The molecule has 0 unspecified atom stereocenters. The summed E-state index contributed by atoms with van der Waals surface area (Å²) in [5.74, 6) is 0.176. The van der Waals surface area contributed by atoms with Gasteiger partial charge in [0, 0.05) is 5.69 Å². The van der Waals surface area contributed by atoms with Gasteiger partial charge in [-0.2, -0.15) is 0 Å². The van der Waals surface area contributed by atoms with E-state index in [9.17, 15) is 4.79 Å². The number of allylic oxidation sites excluding steroid dienone is 1. The first-order chi connectivity index (χ1) is 6.27. The molecule has 1 aromatic rings. The highest BCUT2D eigenvalue weighted by molar-refractivity contribution is 5.75. The summed E-state index contributed by atoms with van der Waals surface area (Å²) >= 11 is 0. The van der Waals surface area contributed by atoms with Crippen LogP contribution in [0.5, 0.6) is 0 Å². The number of Topliss-reactive ketones (excluding diaryl/α,β-unsaturated/α-hetero) is 1. The van der Waals surface area contributed by atoms with Gasteiger partial charge in [0.05, 0.1) is 18.6 Å². The number of hydrogen-bond donors (Lipinski definition) is 0. The van der Waals surface area contributed by atoms with Crippen LogP contribution in [0.15, 0.2) is 12.4 Å². The molecule has 2 rings (SSSR count). The van der Waals surface area contributed by atoms with E-state index in [2.05, 4.69) is 11.1 Å². The molecule has 0 saturated carbocycles. The summed E-state index contributed by atoms with van der Waals surface area (Å²) in [6.07, 6.45) is 7.94. The van der Waals surface area contributed by atoms with Gasteiger partial charge in [0.15, 0.2) is 0 Å². The van der Waals surface area contributed by atoms with Crippen LogP contribution in [0.4, 0.5) is 0 Å². The van der Waals surface area contributed by atoms with Crippen LogP contribution < -0.4 is 0 Å². The smallest absolute Gasteiger partial charge is 0.149 e. The number of carbonyl (C=O) groups excluding carboxylic acids is 1. The van der Waals surface area contributed by atoms with Crippen LogP contribution in [0.3, 0.4) is 0 Å². The highest BCUT2D eigenvalue weighted by Crippen LogP contribution is 2.17. The molecule has 0 aliphatic heterocycles. The Bertz CT molecular complexity index is 363. The van der Waals surface area contributed by atoms with Crippen molar-refractivity contribution in [3.63, 3.8) is 0 Å². The van der Waals surface area contributed by atoms with Crippen molar-refractivity contribution in [1.82, 2.24) is 9.55 Å². The predicted octanol–water partition coefficient (Wildman–Crippen LogP) is 1.43. The molecule has 3 nitrogen and oxygen atoms in total. The fourth-order valence-electron chi connectivity index (χ4n) is 1.63. The van der Waals surface area contributed by atoms with Gasteiger partial charge in [0.2, 0.25) is 0 Å². The Kier molecular flexibility index (Phi) is 2.00. The maximum atomic E-state index is 10.9. The Hall–Kier alpha value is -1.38. The normalized spacial score (nSPS) is 14.2. The first kappa shape index (κ1) is 8.23. The summed E-state index contributed by atoms with van der Waals surface area (Å²) in [5, 5.41) is 0. The van der Waals surface area contributed by atoms with Crippen LogP contribution in [-0.2, 0) is 17.8 Å². The number of aromatic nitrogens is 2. The topological polar surface area (TPSA) is 34.9 Å². The molecule has 0 spiro atoms. The van der Waals surface area contributed by atoms with E-state index in [1.165, 1.54) is 5.69 Å². The van der Waals surface area contributed by atoms with Crippen molar-refractivity contribution in [1.29, 1.82) is 0 Å². The monoisotopic (exact) mass is 176 g/mol. The molecule has 0 aromatic carbocycles. The Morgan fingerprint density at radius 2 is 2.54 bits per heavy atom. The molecule has 0 N–H and O–H groups in total. The van der Waals surface area contributed by atoms with Crippen LogP contribution in [0.2, 0.25) is 0 Å². The lowest BCUT2D eigenvalue weighted by Gasteiger charge is -2.08. The van der Waals surface area contributed by atoms with Crippen molar-refractivity contribution >= 4 is 11.9 Å². The second kappa shape index (κ2) is 3.17. The lowest BCUT2D eigenvalue weighted by atomic mass is 10.1. The van der Waals surface area contributed by atoms with E-state index >= 15 is 0 Å². The van der Waals surface area contributed by atoms with Crippen molar-refractivity contribution in [3.8, 4) is 0 Å². The van der Waals surface area contributed by atoms with E-state index in [0.717, 1.165) is 18.5 Å². The van der Waals surface area contributed by atoms with Crippen molar-refractivity contribution in [2.75, 3.05) is 0 Å². The summed E-state index contributed by atoms with van der Waals surface area (Å²) in [6.45, 7) is 2.06. The number of imidazole rings is 1. The largest absolute Gasteiger partial charge is 0.327 e. The lowest BCUT2D eigenvalue weighted by Crippen LogP contribution is -2.09. The number of carbonyl (C=O) groups is 1. The second-order valence-electron chi connectivity index (χ2n) is 3.35. The quantitative estimate of drug-likeness (QED) is 0.683. The Morgan fingerprint density at radius 1 is 1.69 bits per heavy atom.